The number of rotatable bonds is 8. The Hall–Kier alpha value is -3.28. The Bertz CT molecular complexity index is 1260. The fourth-order valence-electron chi connectivity index (χ4n) is 4.05. The number of aliphatic hydroxyl groups is 2. The molecule has 0 atom stereocenters. The Morgan fingerprint density at radius 1 is 0.613 bits per heavy atom. The van der Waals surface area contributed by atoms with Crippen LogP contribution in [0.2, 0.25) is 0 Å². The summed E-state index contributed by atoms with van der Waals surface area (Å²) < 4.78 is 17.8. The second kappa shape index (κ2) is 8.46. The largest absolute Gasteiger partial charge is 0.493 e. The first-order chi connectivity index (χ1) is 15.3. The molecule has 0 bridgehead atoms. The summed E-state index contributed by atoms with van der Waals surface area (Å²) in [5, 5.41) is 24.5. The number of benzene rings is 4. The van der Waals surface area contributed by atoms with E-state index in [1.165, 1.54) is 0 Å². The highest BCUT2D eigenvalue weighted by Gasteiger charge is 2.15. The van der Waals surface area contributed by atoms with Crippen molar-refractivity contribution in [2.24, 2.45) is 0 Å². The van der Waals surface area contributed by atoms with Gasteiger partial charge in [0.25, 0.3) is 0 Å². The predicted molar refractivity (Wildman–Crippen MR) is 123 cm³/mol. The number of fused-ring (bicyclic) bond motifs is 7. The third kappa shape index (κ3) is 3.67. The minimum atomic E-state index is 0.110. The van der Waals surface area contributed by atoms with Gasteiger partial charge in [-0.15, -0.1) is 0 Å². The van der Waals surface area contributed by atoms with Gasteiger partial charge >= 0.3 is 0 Å². The second-order valence-corrected chi connectivity index (χ2v) is 7.60. The fourth-order valence-corrected chi connectivity index (χ4v) is 4.05. The molecule has 158 valence electrons. The van der Waals surface area contributed by atoms with Crippen LogP contribution in [0.15, 0.2) is 65.1 Å². The highest BCUT2D eigenvalue weighted by molar-refractivity contribution is 6.26. The molecule has 5 heteroatoms. The molecule has 0 fully saturated rings. The maximum atomic E-state index is 9.02. The molecule has 4 aromatic carbocycles. The lowest BCUT2D eigenvalue weighted by Crippen LogP contribution is -1.99. The Labute approximate surface area is 179 Å². The Balaban J connectivity index is 1.72. The van der Waals surface area contributed by atoms with E-state index in [-0.39, 0.29) is 13.2 Å². The predicted octanol–water partition coefficient (Wildman–Crippen LogP) is 5.41. The van der Waals surface area contributed by atoms with E-state index in [4.69, 9.17) is 24.1 Å². The minimum absolute atomic E-state index is 0.110. The van der Waals surface area contributed by atoms with Gasteiger partial charge in [-0.2, -0.15) is 0 Å². The topological polar surface area (TPSA) is 72.1 Å². The van der Waals surface area contributed by atoms with E-state index in [2.05, 4.69) is 24.3 Å². The lowest BCUT2D eigenvalue weighted by Gasteiger charge is -2.09. The average Bonchev–Trinajstić information content (AvgIpc) is 3.19. The number of aliphatic hydroxyl groups excluding tert-OH is 2. The lowest BCUT2D eigenvalue weighted by atomic mass is 9.99. The van der Waals surface area contributed by atoms with Crippen LogP contribution in [0, 0.1) is 0 Å². The third-order valence-corrected chi connectivity index (χ3v) is 5.52. The fraction of sp³-hybridized carbons (Fsp3) is 0.231. The molecular weight excluding hydrogens is 392 g/mol. The van der Waals surface area contributed by atoms with Gasteiger partial charge in [0, 0.05) is 36.8 Å². The summed E-state index contributed by atoms with van der Waals surface area (Å²) in [6.45, 7) is 1.17. The van der Waals surface area contributed by atoms with E-state index >= 15 is 0 Å². The summed E-state index contributed by atoms with van der Waals surface area (Å²) in [7, 11) is 0. The normalized spacial score (nSPS) is 11.7. The van der Waals surface area contributed by atoms with E-state index in [1.54, 1.807) is 0 Å². The summed E-state index contributed by atoms with van der Waals surface area (Å²) in [6, 6.07) is 20.3. The highest BCUT2D eigenvalue weighted by Crippen LogP contribution is 2.40. The van der Waals surface area contributed by atoms with E-state index in [1.807, 2.05) is 36.4 Å². The van der Waals surface area contributed by atoms with Crippen LogP contribution in [-0.2, 0) is 0 Å². The van der Waals surface area contributed by atoms with Crippen LogP contribution in [0.25, 0.3) is 43.5 Å². The van der Waals surface area contributed by atoms with Gasteiger partial charge in [-0.3, -0.25) is 0 Å². The standard InChI is InChI=1S/C26H24O5/c27-11-1-13-29-19-7-3-17-5-9-23-25(21(17)15-19)26-22-16-20(30-14-2-12-28)8-4-18(22)6-10-24(26)31-23/h3-10,15-16,27-28H,1-2,11-14H2. The molecular formula is C26H24O5. The zero-order valence-electron chi connectivity index (χ0n) is 17.1. The number of hydrogen-bond donors (Lipinski definition) is 2. The molecule has 0 saturated carbocycles. The van der Waals surface area contributed by atoms with Crippen LogP contribution >= 0.6 is 0 Å². The van der Waals surface area contributed by atoms with Crippen molar-refractivity contribution in [3.63, 3.8) is 0 Å². The highest BCUT2D eigenvalue weighted by atomic mass is 16.5. The maximum absolute atomic E-state index is 9.02. The van der Waals surface area contributed by atoms with E-state index in [0.29, 0.717) is 26.1 Å². The molecule has 5 aromatic rings. The van der Waals surface area contributed by atoms with Crippen molar-refractivity contribution >= 4 is 43.5 Å². The summed E-state index contributed by atoms with van der Waals surface area (Å²) in [5.74, 6) is 1.55. The SMILES string of the molecule is OCCCOc1ccc2ccc3oc4ccc5ccc(OCCCO)cc5c4c3c2c1. The molecule has 0 spiro atoms. The van der Waals surface area contributed by atoms with Crippen LogP contribution in [-0.4, -0.2) is 36.6 Å². The zero-order valence-corrected chi connectivity index (χ0v) is 17.1. The van der Waals surface area contributed by atoms with Crippen molar-refractivity contribution < 1.29 is 24.1 Å². The quantitative estimate of drug-likeness (QED) is 0.331. The van der Waals surface area contributed by atoms with Crippen molar-refractivity contribution in [1.82, 2.24) is 0 Å². The van der Waals surface area contributed by atoms with E-state index in [0.717, 1.165) is 55.0 Å². The third-order valence-electron chi connectivity index (χ3n) is 5.52. The number of furan rings is 1. The zero-order chi connectivity index (χ0) is 21.2. The van der Waals surface area contributed by atoms with Crippen molar-refractivity contribution in [3.05, 3.63) is 60.7 Å². The van der Waals surface area contributed by atoms with Crippen molar-refractivity contribution in [2.45, 2.75) is 12.8 Å². The average molecular weight is 416 g/mol. The summed E-state index contributed by atoms with van der Waals surface area (Å²) in [5.41, 5.74) is 1.66. The van der Waals surface area contributed by atoms with Gasteiger partial charge in [0.15, 0.2) is 0 Å². The van der Waals surface area contributed by atoms with E-state index in [9.17, 15) is 0 Å². The van der Waals surface area contributed by atoms with Crippen LogP contribution in [0.4, 0.5) is 0 Å². The molecule has 0 unspecified atom stereocenters. The minimum Gasteiger partial charge on any atom is -0.493 e. The van der Waals surface area contributed by atoms with Gasteiger partial charge in [-0.25, -0.2) is 0 Å². The number of ether oxygens (including phenoxy) is 2. The molecule has 1 heterocycles. The Morgan fingerprint density at radius 2 is 1.06 bits per heavy atom. The van der Waals surface area contributed by atoms with E-state index < -0.39 is 0 Å². The summed E-state index contributed by atoms with van der Waals surface area (Å²) >= 11 is 0. The molecule has 0 aliphatic rings. The van der Waals surface area contributed by atoms with Crippen molar-refractivity contribution in [3.8, 4) is 11.5 Å². The van der Waals surface area contributed by atoms with Crippen molar-refractivity contribution in [1.29, 1.82) is 0 Å². The molecule has 0 amide bonds. The van der Waals surface area contributed by atoms with Crippen LogP contribution in [0.3, 0.4) is 0 Å². The number of hydrogen-bond acceptors (Lipinski definition) is 5. The Kier molecular flexibility index (Phi) is 5.37. The summed E-state index contributed by atoms with van der Waals surface area (Å²) in [4.78, 5) is 0. The van der Waals surface area contributed by atoms with Gasteiger partial charge < -0.3 is 24.1 Å². The molecule has 2 N–H and O–H groups in total. The Morgan fingerprint density at radius 3 is 1.52 bits per heavy atom. The molecule has 5 nitrogen and oxygen atoms in total. The first-order valence-corrected chi connectivity index (χ1v) is 10.6. The molecule has 5 rings (SSSR count). The van der Waals surface area contributed by atoms with Crippen LogP contribution in [0.1, 0.15) is 12.8 Å². The van der Waals surface area contributed by atoms with Crippen molar-refractivity contribution in [2.75, 3.05) is 26.4 Å². The molecule has 1 aromatic heterocycles. The molecule has 0 radical (unpaired) electrons. The van der Waals surface area contributed by atoms with Gasteiger partial charge in [0.05, 0.1) is 13.2 Å². The van der Waals surface area contributed by atoms with Gasteiger partial charge in [-0.05, 0) is 57.9 Å². The smallest absolute Gasteiger partial charge is 0.136 e. The first kappa shape index (κ1) is 19.7. The molecule has 0 saturated heterocycles. The van der Waals surface area contributed by atoms with Gasteiger partial charge in [0.1, 0.15) is 22.7 Å². The molecule has 0 aliphatic carbocycles. The monoisotopic (exact) mass is 416 g/mol. The van der Waals surface area contributed by atoms with Gasteiger partial charge in [0.2, 0.25) is 0 Å². The summed E-state index contributed by atoms with van der Waals surface area (Å²) in [6.07, 6.45) is 1.20. The maximum Gasteiger partial charge on any atom is 0.136 e. The van der Waals surface area contributed by atoms with Crippen LogP contribution in [0.5, 0.6) is 11.5 Å². The first-order valence-electron chi connectivity index (χ1n) is 10.6. The van der Waals surface area contributed by atoms with Gasteiger partial charge in [-0.1, -0.05) is 24.3 Å². The second-order valence-electron chi connectivity index (χ2n) is 7.60. The molecule has 31 heavy (non-hydrogen) atoms. The lowest BCUT2D eigenvalue weighted by molar-refractivity contribution is 0.233. The molecule has 0 aliphatic heterocycles. The van der Waals surface area contributed by atoms with Crippen LogP contribution < -0.4 is 9.47 Å².